The highest BCUT2D eigenvalue weighted by Crippen LogP contribution is 2.43. The molecule has 0 fully saturated rings. The smallest absolute Gasteiger partial charge is 0.416 e. The molecular weight excluding hydrogens is 459 g/mol. The van der Waals surface area contributed by atoms with E-state index in [2.05, 4.69) is 33.9 Å². The zero-order valence-electron chi connectivity index (χ0n) is 21.0. The van der Waals surface area contributed by atoms with Crippen LogP contribution < -0.4 is 10.3 Å². The largest absolute Gasteiger partial charge is 0.487 e. The first kappa shape index (κ1) is 26.5. The number of hydrogen-bond donors (Lipinski definition) is 0. The van der Waals surface area contributed by atoms with Gasteiger partial charge in [0.2, 0.25) is 9.04 Å². The molecule has 2 atom stereocenters. The summed E-state index contributed by atoms with van der Waals surface area (Å²) in [6, 6.07) is 6.43. The van der Waals surface area contributed by atoms with Gasteiger partial charge in [-0.15, -0.1) is 0 Å². The van der Waals surface area contributed by atoms with Crippen molar-refractivity contribution in [1.82, 2.24) is 4.57 Å². The SMILES string of the molecule is C[Si](C)OC(CCc1ccn(C2CC(C)(C)Oc3ccc(C(F)(F)F)cc32)c(=O)c1)C(C)(C)C. The second-order valence-corrected chi connectivity index (χ2v) is 13.1. The number of aryl methyl sites for hydroxylation is 1. The molecule has 34 heavy (non-hydrogen) atoms. The molecule has 2 unspecified atom stereocenters. The van der Waals surface area contributed by atoms with Gasteiger partial charge in [-0.05, 0) is 75.0 Å². The number of benzene rings is 1. The summed E-state index contributed by atoms with van der Waals surface area (Å²) in [4.78, 5) is 13.1. The summed E-state index contributed by atoms with van der Waals surface area (Å²) < 4.78 is 53.8. The third kappa shape index (κ3) is 6.33. The molecule has 1 aliphatic heterocycles. The van der Waals surface area contributed by atoms with Gasteiger partial charge in [-0.1, -0.05) is 20.8 Å². The maximum absolute atomic E-state index is 13.4. The third-order valence-electron chi connectivity index (χ3n) is 6.15. The Bertz CT molecular complexity index is 1070. The molecule has 0 amide bonds. The van der Waals surface area contributed by atoms with Crippen molar-refractivity contribution >= 4 is 9.04 Å². The molecule has 1 aliphatic rings. The van der Waals surface area contributed by atoms with Gasteiger partial charge in [0, 0.05) is 24.2 Å². The van der Waals surface area contributed by atoms with Gasteiger partial charge < -0.3 is 13.7 Å². The van der Waals surface area contributed by atoms with Gasteiger partial charge >= 0.3 is 6.18 Å². The van der Waals surface area contributed by atoms with Crippen LogP contribution in [0.3, 0.4) is 0 Å². The van der Waals surface area contributed by atoms with E-state index in [1.165, 1.54) is 10.6 Å². The first-order chi connectivity index (χ1) is 15.6. The predicted molar refractivity (Wildman–Crippen MR) is 130 cm³/mol. The number of rotatable bonds is 6. The van der Waals surface area contributed by atoms with Crippen molar-refractivity contribution in [3.8, 4) is 5.75 Å². The van der Waals surface area contributed by atoms with Crippen molar-refractivity contribution in [1.29, 1.82) is 0 Å². The van der Waals surface area contributed by atoms with Gasteiger partial charge in [0.15, 0.2) is 0 Å². The number of pyridine rings is 1. The molecule has 1 aromatic heterocycles. The minimum atomic E-state index is -4.47. The lowest BCUT2D eigenvalue weighted by Gasteiger charge is -2.38. The van der Waals surface area contributed by atoms with Crippen LogP contribution in [0.2, 0.25) is 13.1 Å². The first-order valence-electron chi connectivity index (χ1n) is 11.6. The molecule has 8 heteroatoms. The van der Waals surface area contributed by atoms with E-state index in [0.29, 0.717) is 24.2 Å². The monoisotopic (exact) mass is 494 g/mol. The van der Waals surface area contributed by atoms with Crippen LogP contribution in [0.4, 0.5) is 13.2 Å². The zero-order chi connectivity index (χ0) is 25.5. The van der Waals surface area contributed by atoms with Crippen LogP contribution in [0.1, 0.15) is 70.2 Å². The minimum Gasteiger partial charge on any atom is -0.487 e. The summed E-state index contributed by atoms with van der Waals surface area (Å²) in [5.74, 6) is 0.382. The van der Waals surface area contributed by atoms with E-state index in [0.717, 1.165) is 24.1 Å². The summed E-state index contributed by atoms with van der Waals surface area (Å²) in [6.45, 7) is 14.4. The molecule has 187 valence electrons. The van der Waals surface area contributed by atoms with Gasteiger partial charge in [-0.3, -0.25) is 4.79 Å². The number of fused-ring (bicyclic) bond motifs is 1. The standard InChI is InChI=1S/C26H35F3NO3Si/c1-24(2,3)22(33-34(6)7)11-8-17-12-13-30(23(31)14-17)20-16-25(4,5)32-21-10-9-18(15-19(20)21)26(27,28)29/h9-10,12-15,20,22H,8,11,16H2,1-7H3. The summed E-state index contributed by atoms with van der Waals surface area (Å²) in [7, 11) is -0.859. The fraction of sp³-hybridized carbons (Fsp3) is 0.577. The fourth-order valence-electron chi connectivity index (χ4n) is 4.44. The van der Waals surface area contributed by atoms with E-state index in [4.69, 9.17) is 9.16 Å². The number of halogens is 3. The van der Waals surface area contributed by atoms with Crippen LogP contribution in [0.5, 0.6) is 5.75 Å². The second-order valence-electron chi connectivity index (χ2n) is 11.0. The molecule has 0 N–H and O–H groups in total. The van der Waals surface area contributed by atoms with Gasteiger partial charge in [-0.2, -0.15) is 13.2 Å². The molecule has 4 nitrogen and oxygen atoms in total. The summed E-state index contributed by atoms with van der Waals surface area (Å²) in [5, 5.41) is 0. The van der Waals surface area contributed by atoms with E-state index in [1.54, 1.807) is 12.3 Å². The molecule has 2 heterocycles. The maximum atomic E-state index is 13.4. The Morgan fingerprint density at radius 3 is 2.41 bits per heavy atom. The average Bonchev–Trinajstić information content (AvgIpc) is 2.68. The summed E-state index contributed by atoms with van der Waals surface area (Å²) in [6.07, 6.45) is -0.798. The molecule has 0 spiro atoms. The number of ether oxygens (including phenoxy) is 1. The average molecular weight is 495 g/mol. The predicted octanol–water partition coefficient (Wildman–Crippen LogP) is 6.63. The molecule has 0 saturated carbocycles. The Balaban J connectivity index is 1.90. The van der Waals surface area contributed by atoms with Gasteiger partial charge in [0.25, 0.3) is 5.56 Å². The quantitative estimate of drug-likeness (QED) is 0.423. The number of alkyl halides is 3. The van der Waals surface area contributed by atoms with Crippen molar-refractivity contribution in [3.05, 3.63) is 63.6 Å². The topological polar surface area (TPSA) is 40.5 Å². The molecule has 3 rings (SSSR count). The third-order valence-corrected chi connectivity index (χ3v) is 6.91. The van der Waals surface area contributed by atoms with E-state index in [-0.39, 0.29) is 17.1 Å². The Morgan fingerprint density at radius 2 is 1.85 bits per heavy atom. The van der Waals surface area contributed by atoms with Gasteiger partial charge in [-0.25, -0.2) is 0 Å². The Kier molecular flexibility index (Phi) is 7.44. The Labute approximate surface area is 201 Å². The van der Waals surface area contributed by atoms with E-state index in [9.17, 15) is 18.0 Å². The highest BCUT2D eigenvalue weighted by molar-refractivity contribution is 6.48. The fourth-order valence-corrected chi connectivity index (χ4v) is 5.48. The molecule has 0 bridgehead atoms. The van der Waals surface area contributed by atoms with Crippen molar-refractivity contribution < 1.29 is 22.3 Å². The lowest BCUT2D eigenvalue weighted by atomic mass is 9.86. The first-order valence-corrected chi connectivity index (χ1v) is 14.1. The zero-order valence-corrected chi connectivity index (χ0v) is 22.0. The van der Waals surface area contributed by atoms with E-state index >= 15 is 0 Å². The van der Waals surface area contributed by atoms with Gasteiger partial charge in [0.1, 0.15) is 11.4 Å². The van der Waals surface area contributed by atoms with Crippen LogP contribution in [-0.4, -0.2) is 25.3 Å². The van der Waals surface area contributed by atoms with E-state index < -0.39 is 32.4 Å². The summed E-state index contributed by atoms with van der Waals surface area (Å²) in [5.41, 5.74) is -0.323. The number of aromatic nitrogens is 1. The van der Waals surface area contributed by atoms with Gasteiger partial charge in [0.05, 0.1) is 17.7 Å². The van der Waals surface area contributed by atoms with Crippen molar-refractivity contribution in [2.45, 2.75) is 90.9 Å². The molecular formula is C26H35F3NO3Si. The molecule has 2 aromatic rings. The highest BCUT2D eigenvalue weighted by Gasteiger charge is 2.38. The lowest BCUT2D eigenvalue weighted by Crippen LogP contribution is -2.39. The highest BCUT2D eigenvalue weighted by atomic mass is 28.3. The van der Waals surface area contributed by atoms with Crippen LogP contribution >= 0.6 is 0 Å². The normalized spacial score (nSPS) is 19.0. The Morgan fingerprint density at radius 1 is 1.18 bits per heavy atom. The maximum Gasteiger partial charge on any atom is 0.416 e. The summed E-state index contributed by atoms with van der Waals surface area (Å²) >= 11 is 0. The van der Waals surface area contributed by atoms with Crippen molar-refractivity contribution in [3.63, 3.8) is 0 Å². The molecule has 0 aliphatic carbocycles. The van der Waals surface area contributed by atoms with E-state index in [1.807, 2.05) is 19.9 Å². The van der Waals surface area contributed by atoms with Crippen molar-refractivity contribution in [2.24, 2.45) is 5.41 Å². The molecule has 1 radical (unpaired) electrons. The number of hydrogen-bond acceptors (Lipinski definition) is 3. The van der Waals surface area contributed by atoms with Crippen LogP contribution in [0, 0.1) is 5.41 Å². The lowest BCUT2D eigenvalue weighted by molar-refractivity contribution is -0.137. The number of nitrogens with zero attached hydrogens (tertiary/aromatic N) is 1. The van der Waals surface area contributed by atoms with Crippen molar-refractivity contribution in [2.75, 3.05) is 0 Å². The van der Waals surface area contributed by atoms with Crippen LogP contribution in [0.15, 0.2) is 41.3 Å². The molecule has 0 saturated heterocycles. The van der Waals surface area contributed by atoms with Crippen LogP contribution in [-0.2, 0) is 17.0 Å². The second kappa shape index (κ2) is 9.53. The molecule has 1 aromatic carbocycles. The van der Waals surface area contributed by atoms with Crippen LogP contribution in [0.25, 0.3) is 0 Å². The minimum absolute atomic E-state index is 0.00942. The Hall–Kier alpha value is -2.06.